The third-order valence-corrected chi connectivity index (χ3v) is 7.09. The van der Waals surface area contributed by atoms with E-state index in [2.05, 4.69) is 20.9 Å². The molecule has 236 valence electrons. The lowest BCUT2D eigenvalue weighted by Crippen LogP contribution is -2.56. The summed E-state index contributed by atoms with van der Waals surface area (Å²) in [5.74, 6) is -1.87. The Kier molecular flexibility index (Phi) is 13.1. The minimum absolute atomic E-state index is 0.0322. The van der Waals surface area contributed by atoms with Crippen molar-refractivity contribution in [2.24, 2.45) is 11.7 Å². The van der Waals surface area contributed by atoms with Crippen LogP contribution in [0.5, 0.6) is 0 Å². The van der Waals surface area contributed by atoms with E-state index in [1.165, 1.54) is 6.07 Å². The monoisotopic (exact) mass is 604 g/mol. The van der Waals surface area contributed by atoms with Gasteiger partial charge in [0.2, 0.25) is 11.8 Å². The zero-order valence-corrected chi connectivity index (χ0v) is 25.7. The maximum atomic E-state index is 13.6. The number of pyridine rings is 1. The third-order valence-electron chi connectivity index (χ3n) is 7.09. The summed E-state index contributed by atoms with van der Waals surface area (Å²) in [6.45, 7) is 6.89. The number of carbonyl (C=O) groups excluding carboxylic acids is 4. The Morgan fingerprint density at radius 3 is 2.34 bits per heavy atom. The van der Waals surface area contributed by atoms with E-state index in [1.807, 2.05) is 63.2 Å². The van der Waals surface area contributed by atoms with Gasteiger partial charge in [-0.2, -0.15) is 0 Å². The number of nitrogens with zero attached hydrogens (tertiary/aromatic N) is 2. The van der Waals surface area contributed by atoms with Gasteiger partial charge < -0.3 is 31.7 Å². The van der Waals surface area contributed by atoms with E-state index in [0.29, 0.717) is 18.6 Å². The van der Waals surface area contributed by atoms with Crippen molar-refractivity contribution in [1.29, 1.82) is 0 Å². The normalized spacial score (nSPS) is 13.1. The van der Waals surface area contributed by atoms with Crippen LogP contribution in [0.15, 0.2) is 66.7 Å². The van der Waals surface area contributed by atoms with E-state index in [1.54, 1.807) is 23.1 Å². The van der Waals surface area contributed by atoms with Gasteiger partial charge >= 0.3 is 6.03 Å². The summed E-state index contributed by atoms with van der Waals surface area (Å²) in [5, 5.41) is 20.6. The molecule has 0 spiro atoms. The van der Waals surface area contributed by atoms with Gasteiger partial charge in [-0.15, -0.1) is 0 Å². The molecule has 2 aromatic carbocycles. The largest absolute Gasteiger partial charge is 0.389 e. The lowest BCUT2D eigenvalue weighted by Gasteiger charge is -2.31. The first-order valence-electron chi connectivity index (χ1n) is 15.1. The molecule has 5 amide bonds. The number of hydrogen-bond acceptors (Lipinski definition) is 6. The first-order chi connectivity index (χ1) is 21.1. The Morgan fingerprint density at radius 2 is 1.66 bits per heavy atom. The van der Waals surface area contributed by atoms with Gasteiger partial charge in [-0.1, -0.05) is 81.8 Å². The second-order valence-corrected chi connectivity index (χ2v) is 11.3. The summed E-state index contributed by atoms with van der Waals surface area (Å²) in [7, 11) is 0. The first-order valence-corrected chi connectivity index (χ1v) is 15.1. The van der Waals surface area contributed by atoms with E-state index in [9.17, 15) is 24.3 Å². The fraction of sp³-hybridized carbons (Fsp3) is 0.424. The van der Waals surface area contributed by atoms with Crippen molar-refractivity contribution in [2.75, 3.05) is 19.6 Å². The second kappa shape index (κ2) is 17.0. The molecule has 11 nitrogen and oxygen atoms in total. The van der Waals surface area contributed by atoms with E-state index in [0.717, 1.165) is 23.8 Å². The van der Waals surface area contributed by atoms with Gasteiger partial charge in [-0.25, -0.2) is 9.78 Å². The Hall–Kier alpha value is -4.51. The minimum Gasteiger partial charge on any atom is -0.389 e. The van der Waals surface area contributed by atoms with Crippen LogP contribution in [-0.4, -0.2) is 76.6 Å². The van der Waals surface area contributed by atoms with E-state index < -0.39 is 42.3 Å². The lowest BCUT2D eigenvalue weighted by molar-refractivity contribution is -0.128. The van der Waals surface area contributed by atoms with Crippen LogP contribution in [0.2, 0.25) is 0 Å². The molecule has 0 aliphatic rings. The molecule has 3 aromatic rings. The predicted molar refractivity (Wildman–Crippen MR) is 170 cm³/mol. The molecule has 44 heavy (non-hydrogen) atoms. The number of primary amides is 1. The molecule has 11 heteroatoms. The molecular weight excluding hydrogens is 560 g/mol. The number of urea groups is 1. The highest BCUT2D eigenvalue weighted by molar-refractivity contribution is 5.99. The number of unbranched alkanes of at least 4 members (excludes halogenated alkanes) is 1. The van der Waals surface area contributed by atoms with E-state index in [4.69, 9.17) is 5.73 Å². The van der Waals surface area contributed by atoms with Crippen LogP contribution in [0.4, 0.5) is 4.79 Å². The second-order valence-electron chi connectivity index (χ2n) is 11.3. The van der Waals surface area contributed by atoms with Crippen molar-refractivity contribution in [2.45, 2.75) is 64.6 Å². The molecule has 0 saturated heterocycles. The molecule has 3 atom stereocenters. The Labute approximate surface area is 258 Å². The zero-order valence-electron chi connectivity index (χ0n) is 25.7. The van der Waals surface area contributed by atoms with Crippen molar-refractivity contribution in [3.8, 4) is 0 Å². The number of hydrogen-bond donors (Lipinski definition) is 5. The number of para-hydroxylation sites is 1. The summed E-state index contributed by atoms with van der Waals surface area (Å²) in [6, 6.07) is 17.4. The number of aliphatic hydroxyl groups is 1. The van der Waals surface area contributed by atoms with E-state index >= 15 is 0 Å². The smallest absolute Gasteiger partial charge is 0.317 e. The van der Waals surface area contributed by atoms with Crippen LogP contribution in [0.1, 0.15) is 56.1 Å². The molecule has 1 heterocycles. The summed E-state index contributed by atoms with van der Waals surface area (Å²) in [6.07, 6.45) is 0.223. The van der Waals surface area contributed by atoms with Gasteiger partial charge in [0.25, 0.3) is 5.91 Å². The topological polar surface area (TPSA) is 167 Å². The van der Waals surface area contributed by atoms with Gasteiger partial charge in [0, 0.05) is 18.5 Å². The molecule has 0 bridgehead atoms. The standard InChI is InChI=1S/C33H44N6O5/c1-4-5-17-39(33(44)35-20-22(2)3)21-29(40)27(18-23-11-7-6-8-12-23)37-32(43)28(19-30(34)41)38-31(42)26-16-15-24-13-9-10-14-25(24)36-26/h6-16,22,27-29,40H,4-5,17-21H2,1-3H3,(H2,34,41)(H,35,44)(H,37,43)(H,38,42)/t27-,28-,29+/m0/s1. The Bertz CT molecular complexity index is 1400. The number of carbonyl (C=O) groups is 4. The number of rotatable bonds is 16. The molecule has 0 aliphatic heterocycles. The molecular formula is C33H44N6O5. The van der Waals surface area contributed by atoms with Crippen LogP contribution in [0.25, 0.3) is 10.9 Å². The average molecular weight is 605 g/mol. The number of nitrogens with two attached hydrogens (primary N) is 1. The van der Waals surface area contributed by atoms with E-state index in [-0.39, 0.29) is 30.6 Å². The number of fused-ring (bicyclic) bond motifs is 1. The van der Waals surface area contributed by atoms with Crippen molar-refractivity contribution < 1.29 is 24.3 Å². The maximum Gasteiger partial charge on any atom is 0.317 e. The quantitative estimate of drug-likeness (QED) is 0.169. The molecule has 3 rings (SSSR count). The van der Waals surface area contributed by atoms with Crippen LogP contribution >= 0.6 is 0 Å². The van der Waals surface area contributed by atoms with Gasteiger partial charge in [0.1, 0.15) is 11.7 Å². The highest BCUT2D eigenvalue weighted by atomic mass is 16.3. The minimum atomic E-state index is -1.32. The van der Waals surface area contributed by atoms with Gasteiger partial charge in [-0.3, -0.25) is 14.4 Å². The van der Waals surface area contributed by atoms with Gasteiger partial charge in [0.05, 0.1) is 30.6 Å². The number of amides is 5. The third kappa shape index (κ3) is 10.6. The van der Waals surface area contributed by atoms with Crippen molar-refractivity contribution in [1.82, 2.24) is 25.8 Å². The molecule has 0 radical (unpaired) electrons. The molecule has 1 aromatic heterocycles. The summed E-state index contributed by atoms with van der Waals surface area (Å²) < 4.78 is 0. The van der Waals surface area contributed by atoms with Crippen molar-refractivity contribution in [3.05, 3.63) is 78.0 Å². The molecule has 0 fully saturated rings. The number of aliphatic hydroxyl groups excluding tert-OH is 1. The molecule has 6 N–H and O–H groups in total. The van der Waals surface area contributed by atoms with Crippen LogP contribution in [-0.2, 0) is 16.0 Å². The average Bonchev–Trinajstić information content (AvgIpc) is 3.01. The number of aromatic nitrogens is 1. The predicted octanol–water partition coefficient (Wildman–Crippen LogP) is 2.76. The SMILES string of the molecule is CCCCN(C[C@@H](O)[C@H](Cc1ccccc1)NC(=O)[C@H](CC(N)=O)NC(=O)c1ccc2ccccc2n1)C(=O)NCC(C)C. The summed E-state index contributed by atoms with van der Waals surface area (Å²) in [5.41, 5.74) is 6.97. The van der Waals surface area contributed by atoms with Crippen LogP contribution < -0.4 is 21.7 Å². The fourth-order valence-electron chi connectivity index (χ4n) is 4.65. The number of benzene rings is 2. The first kappa shape index (κ1) is 34.0. The summed E-state index contributed by atoms with van der Waals surface area (Å²) >= 11 is 0. The van der Waals surface area contributed by atoms with Crippen LogP contribution in [0, 0.1) is 5.92 Å². The maximum absolute atomic E-state index is 13.6. The van der Waals surface area contributed by atoms with Crippen molar-refractivity contribution >= 4 is 34.7 Å². The molecule has 0 aliphatic carbocycles. The summed E-state index contributed by atoms with van der Waals surface area (Å²) in [4.78, 5) is 57.5. The Morgan fingerprint density at radius 1 is 0.955 bits per heavy atom. The Balaban J connectivity index is 1.81. The molecule has 0 unspecified atom stereocenters. The molecule has 0 saturated carbocycles. The highest BCUT2D eigenvalue weighted by Crippen LogP contribution is 2.13. The highest BCUT2D eigenvalue weighted by Gasteiger charge is 2.30. The van der Waals surface area contributed by atoms with Crippen molar-refractivity contribution in [3.63, 3.8) is 0 Å². The zero-order chi connectivity index (χ0) is 32.1. The van der Waals surface area contributed by atoms with Crippen LogP contribution in [0.3, 0.4) is 0 Å². The number of nitrogens with one attached hydrogen (secondary N) is 3. The lowest BCUT2D eigenvalue weighted by atomic mass is 9.99. The van der Waals surface area contributed by atoms with Gasteiger partial charge in [0.15, 0.2) is 0 Å². The van der Waals surface area contributed by atoms with Gasteiger partial charge in [-0.05, 0) is 36.5 Å². The fourth-order valence-corrected chi connectivity index (χ4v) is 4.65.